The number of aromatic nitrogens is 12. The molecule has 4 aromatic carbocycles. The molecule has 0 saturated heterocycles. The van der Waals surface area contributed by atoms with Gasteiger partial charge in [0, 0.05) is 107 Å². The van der Waals surface area contributed by atoms with Gasteiger partial charge in [-0.05, 0) is 185 Å². The van der Waals surface area contributed by atoms with Crippen molar-refractivity contribution in [3.8, 4) is 34.5 Å². The molecule has 3 aliphatic heterocycles. The Hall–Kier alpha value is -5.87. The number of unbranched alkanes of at least 4 members (excludes halogenated alkanes) is 4. The van der Waals surface area contributed by atoms with Crippen molar-refractivity contribution >= 4 is 171 Å². The number of fused-ring (bicyclic) bond motifs is 6. The smallest absolute Gasteiger partial charge is 1.00 e. The normalized spacial score (nSPS) is 12.1. The minimum atomic E-state index is -3.97. The number of halogens is 8. The van der Waals surface area contributed by atoms with Crippen LogP contribution < -0.4 is 80.3 Å². The first-order valence-electron chi connectivity index (χ1n) is 40.9. The van der Waals surface area contributed by atoms with Gasteiger partial charge in [0.15, 0.2) is 85.4 Å². The third-order valence-electron chi connectivity index (χ3n) is 17.9. The van der Waals surface area contributed by atoms with E-state index in [4.69, 9.17) is 93.9 Å². The molecule has 11 N–H and O–H groups in total. The van der Waals surface area contributed by atoms with Gasteiger partial charge in [-0.25, -0.2) is 20.1 Å². The Bertz CT molecular complexity index is 5120. The number of imidazole rings is 3. The Morgan fingerprint density at radius 2 is 0.750 bits per heavy atom. The fourth-order valence-corrected chi connectivity index (χ4v) is 15.4. The van der Waals surface area contributed by atoms with Gasteiger partial charge in [-0.1, -0.05) is 103 Å². The molecule has 47 heteroatoms. The molecule has 0 atom stereocenters. The van der Waals surface area contributed by atoms with Gasteiger partial charge in [-0.15, -0.1) is 0 Å². The summed E-state index contributed by atoms with van der Waals surface area (Å²) in [5.41, 5.74) is 23.6. The number of hydrogen-bond acceptors (Lipinski definition) is 32. The van der Waals surface area contributed by atoms with E-state index in [-0.39, 0.29) is 119 Å². The van der Waals surface area contributed by atoms with Gasteiger partial charge in [0.05, 0.1) is 57.8 Å². The zero-order valence-electron chi connectivity index (χ0n) is 73.2. The standard InChI is InChI=1S/C19H21FIN5O3.C18H20FIN6O6S.C18H19FIN5O4.C13H20O4S.C6H14O2.C4H9Br.C3H7BrO.Na.H/c1-2-3-5-27-6-4-26-15(23-16-17(22)24-19(20)25-18(16)26)8-11-7-13-14(9-12(11)21)29-10-28-13;19-18-24-16(21)15-17(25-18)26(2-5-29-3-1-4-32-33(22,27)28)14(23-15)7-10-6-12-13(8-11(10)20)31-9-30-12;19-18-23-16(21)15-17(24-18)25(2-5-27-4-1-3-26)14(22-15)7-10-6-12-13(8-11(10)20)29-9-28-12;1-3-4-9-16-10-11-17-18(14,15)13-7-5-12(2)6-8-13;1-2-3-5-8-6-4-7;1-2-3-4-5;4-2-1-3-5;;/h7,9H,2-6,8,10H2,1H3,(H2,22,24,25);6,8H,1-5,7,9H2,(H2,21,24,25)(H2,22,27,28);6,8,26H,1-5,7,9H2,(H2,21,23,24);5-8H,3-4,9-11H2,1-2H3;7H,2-6H2,1H3;2-4H2,1H3;5H,1-3H2;;/q;;;;;;;+1;-1. The van der Waals surface area contributed by atoms with Crippen molar-refractivity contribution in [1.82, 2.24) is 58.6 Å². The van der Waals surface area contributed by atoms with E-state index >= 15 is 0 Å². The van der Waals surface area contributed by atoms with Crippen molar-refractivity contribution in [3.63, 3.8) is 0 Å². The molecule has 13 rings (SSSR count). The number of aliphatic hydroxyl groups is 3. The number of hydrogen-bond donors (Lipinski definition) is 7. The van der Waals surface area contributed by atoms with Gasteiger partial charge in [0.2, 0.25) is 20.4 Å². The van der Waals surface area contributed by atoms with Gasteiger partial charge in [0.25, 0.3) is 10.1 Å². The van der Waals surface area contributed by atoms with E-state index in [1.54, 1.807) is 33.4 Å². The maximum Gasteiger partial charge on any atom is 1.00 e. The number of alkyl halides is 2. The van der Waals surface area contributed by atoms with Crippen LogP contribution in [0, 0.1) is 35.9 Å². The fraction of sp³-hybridized carbons (Fsp3) is 0.519. The van der Waals surface area contributed by atoms with Crippen molar-refractivity contribution < 1.29 is 137 Å². The van der Waals surface area contributed by atoms with E-state index in [0.29, 0.717) is 179 Å². The molecule has 0 aliphatic carbocycles. The molecule has 0 radical (unpaired) electrons. The molecule has 3 aliphatic rings. The molecular weight excluding hydrogens is 2200 g/mol. The number of aryl methyl sites for hydroxylation is 1. The summed E-state index contributed by atoms with van der Waals surface area (Å²) in [6.45, 7) is 17.3. The fourth-order valence-electron chi connectivity index (χ4n) is 11.5. The van der Waals surface area contributed by atoms with Crippen LogP contribution in [0.1, 0.15) is 139 Å². The van der Waals surface area contributed by atoms with Gasteiger partial charge in [-0.3, -0.25) is 8.37 Å². The monoisotopic (exact) mass is 2310 g/mol. The largest absolute Gasteiger partial charge is 1.00 e. The number of aliphatic hydroxyl groups excluding tert-OH is 3. The van der Waals surface area contributed by atoms with Gasteiger partial charge < -0.3 is 99.8 Å². The van der Waals surface area contributed by atoms with Gasteiger partial charge >= 0.3 is 58.1 Å². The third-order valence-corrected chi connectivity index (χ3v) is 23.9. The van der Waals surface area contributed by atoms with E-state index in [0.717, 1.165) is 101 Å². The van der Waals surface area contributed by atoms with Crippen LogP contribution in [0.3, 0.4) is 0 Å². The summed E-state index contributed by atoms with van der Waals surface area (Å²) < 4.78 is 164. The van der Waals surface area contributed by atoms with Crippen LogP contribution in [0.25, 0.3) is 33.5 Å². The topological polar surface area (TPSA) is 484 Å². The maximum atomic E-state index is 13.9. The van der Waals surface area contributed by atoms with E-state index in [2.05, 4.69) is 176 Å². The summed E-state index contributed by atoms with van der Waals surface area (Å²) in [7, 11) is -7.62. The average molecular weight is 2310 g/mol. The first-order valence-corrected chi connectivity index (χ1v) is 49.3. The first-order chi connectivity index (χ1) is 61.1. The number of rotatable bonds is 43. The molecule has 0 bridgehead atoms. The molecule has 0 saturated carbocycles. The maximum absolute atomic E-state index is 13.9. The quantitative estimate of drug-likeness (QED) is 0.00466. The molecule has 36 nitrogen and oxygen atoms in total. The van der Waals surface area contributed by atoms with Crippen LogP contribution in [-0.2, 0) is 91.4 Å². The molecular formula is C81H111Br2F3I3N16NaO20S2. The summed E-state index contributed by atoms with van der Waals surface area (Å²) in [6.07, 6.45) is 9.33. The minimum Gasteiger partial charge on any atom is -1.00 e. The van der Waals surface area contributed by atoms with Crippen LogP contribution in [0.2, 0.25) is 0 Å². The minimum absolute atomic E-state index is 0. The number of nitrogen functional groups attached to an aromatic ring is 3. The zero-order chi connectivity index (χ0) is 92.3. The van der Waals surface area contributed by atoms with Crippen molar-refractivity contribution in [1.29, 1.82) is 0 Å². The molecule has 0 unspecified atom stereocenters. The van der Waals surface area contributed by atoms with E-state index < -0.39 is 38.7 Å². The second-order valence-corrected chi connectivity index (χ2v) is 35.5. The number of nitrogens with zero attached hydrogens (tertiary/aromatic N) is 12. The van der Waals surface area contributed by atoms with Gasteiger partial charge in [-0.2, -0.15) is 59.9 Å². The summed E-state index contributed by atoms with van der Waals surface area (Å²) >= 11 is 13.2. The molecule has 0 fully saturated rings. The molecule has 9 heterocycles. The Balaban J connectivity index is 0.000000288. The molecule has 704 valence electrons. The second kappa shape index (κ2) is 59.7. The van der Waals surface area contributed by atoms with Crippen LogP contribution in [-0.4, -0.2) is 221 Å². The Morgan fingerprint density at radius 1 is 0.422 bits per heavy atom. The predicted molar refractivity (Wildman–Crippen MR) is 504 cm³/mol. The predicted octanol–water partition coefficient (Wildman–Crippen LogP) is 9.63. The molecule has 6 aromatic heterocycles. The van der Waals surface area contributed by atoms with E-state index in [1.807, 2.05) is 47.9 Å². The van der Waals surface area contributed by atoms with Crippen LogP contribution in [0.5, 0.6) is 34.5 Å². The van der Waals surface area contributed by atoms with Crippen molar-refractivity contribution in [2.45, 2.75) is 149 Å². The summed E-state index contributed by atoms with van der Waals surface area (Å²) in [4.78, 5) is 36.4. The van der Waals surface area contributed by atoms with E-state index in [9.17, 15) is 30.0 Å². The third kappa shape index (κ3) is 36.8. The number of anilines is 3. The second-order valence-electron chi connectivity index (χ2n) is 27.6. The van der Waals surface area contributed by atoms with Crippen LogP contribution >= 0.6 is 99.6 Å². The molecule has 0 amide bonds. The Kier molecular flexibility index (Phi) is 51.7. The van der Waals surface area contributed by atoms with Crippen LogP contribution in [0.4, 0.5) is 30.6 Å². The Labute approximate surface area is 823 Å². The Morgan fingerprint density at radius 3 is 1.06 bits per heavy atom. The summed E-state index contributed by atoms with van der Waals surface area (Å²) in [5.74, 6) is 6.07. The van der Waals surface area contributed by atoms with Gasteiger partial charge in [0.1, 0.15) is 17.5 Å². The van der Waals surface area contributed by atoms with E-state index in [1.165, 1.54) is 12.8 Å². The van der Waals surface area contributed by atoms with Crippen molar-refractivity contribution in [2.75, 3.05) is 147 Å². The number of ether oxygens (including phenoxy) is 11. The molecule has 128 heavy (non-hydrogen) atoms. The zero-order valence-corrected chi connectivity index (χ0v) is 85.5. The van der Waals surface area contributed by atoms with Crippen molar-refractivity contribution in [3.05, 3.63) is 129 Å². The number of benzene rings is 4. The first kappa shape index (κ1) is 111. The van der Waals surface area contributed by atoms with Crippen LogP contribution in [0.15, 0.2) is 65.6 Å². The summed E-state index contributed by atoms with van der Waals surface area (Å²) in [6, 6.07) is 18.1. The average Bonchev–Trinajstić information content (AvgIpc) is 1.63. The molecule has 0 spiro atoms. The summed E-state index contributed by atoms with van der Waals surface area (Å²) in [5, 5.41) is 32.0. The number of nitrogens with two attached hydrogens (primary N) is 4. The van der Waals surface area contributed by atoms with Crippen molar-refractivity contribution in [2.24, 2.45) is 5.14 Å². The molecule has 10 aromatic rings. The SMILES string of the molecule is CCCCBr.CCCCOCCO.CCCCOCCOS(=O)(=O)c1ccc(C)cc1.CCCCOCCn1c(Cc2cc3c(cc2I)OCO3)nc2c(N)nc(F)nc21.Nc1nc(F)nc2c1nc(Cc1cc3c(cc1I)OCO3)n2CCOCCCO.Nc1nc(F)nc2c1nc(Cc1cc3c(cc1I)OCO3)n2CCOCCCOS(N)(=O)=O.OCCCBr.[H-].[Na+].